The second-order valence-corrected chi connectivity index (χ2v) is 7.19. The summed E-state index contributed by atoms with van der Waals surface area (Å²) in [6.45, 7) is 6.31. The third-order valence-electron chi connectivity index (χ3n) is 3.75. The van der Waals surface area contributed by atoms with E-state index in [1.54, 1.807) is 0 Å². The van der Waals surface area contributed by atoms with Gasteiger partial charge in [0.25, 0.3) is 0 Å². The van der Waals surface area contributed by atoms with Crippen molar-refractivity contribution in [3.05, 3.63) is 50.6 Å². The molecule has 1 aromatic carbocycles. The van der Waals surface area contributed by atoms with Crippen LogP contribution in [0.5, 0.6) is 0 Å². The molecule has 1 unspecified atom stereocenters. The molecule has 2 aromatic rings. The topological polar surface area (TPSA) is 15.3 Å². The molecule has 1 N–H and O–H groups in total. The van der Waals surface area contributed by atoms with E-state index in [1.807, 2.05) is 11.3 Å². The monoisotopic (exact) mass is 366 g/mol. The molecule has 0 aliphatic rings. The van der Waals surface area contributed by atoms with Gasteiger partial charge >= 0.3 is 0 Å². The molecule has 4 heteroatoms. The number of rotatable bonds is 7. The van der Waals surface area contributed by atoms with Crippen LogP contribution < -0.4 is 10.2 Å². The Balaban J connectivity index is 2.04. The highest BCUT2D eigenvalue weighted by molar-refractivity contribution is 9.10. The fraction of sp³-hybridized carbons (Fsp3) is 0.412. The second kappa shape index (κ2) is 7.97. The molecule has 0 saturated carbocycles. The highest BCUT2D eigenvalue weighted by Gasteiger charge is 2.12. The summed E-state index contributed by atoms with van der Waals surface area (Å²) in [5.74, 6) is 0. The number of halogens is 1. The first-order valence-corrected chi connectivity index (χ1v) is 9.03. The van der Waals surface area contributed by atoms with Crippen LogP contribution in [0, 0.1) is 0 Å². The van der Waals surface area contributed by atoms with Crippen molar-refractivity contribution >= 4 is 33.0 Å². The van der Waals surface area contributed by atoms with Gasteiger partial charge in [-0.05, 0) is 42.6 Å². The van der Waals surface area contributed by atoms with Crippen molar-refractivity contribution < 1.29 is 0 Å². The smallest absolute Gasteiger partial charge is 0.0377 e. The van der Waals surface area contributed by atoms with Gasteiger partial charge in [-0.25, -0.2) is 0 Å². The van der Waals surface area contributed by atoms with Gasteiger partial charge in [0.15, 0.2) is 0 Å². The number of anilines is 1. The van der Waals surface area contributed by atoms with E-state index < -0.39 is 0 Å². The Kier molecular flexibility index (Phi) is 6.27. The van der Waals surface area contributed by atoms with Gasteiger partial charge in [-0.1, -0.05) is 35.0 Å². The molecule has 0 radical (unpaired) electrons. The van der Waals surface area contributed by atoms with Gasteiger partial charge in [-0.15, -0.1) is 11.3 Å². The molecule has 114 valence electrons. The van der Waals surface area contributed by atoms with E-state index in [-0.39, 0.29) is 0 Å². The second-order valence-electron chi connectivity index (χ2n) is 5.30. The Morgan fingerprint density at radius 2 is 2.14 bits per heavy atom. The Labute approximate surface area is 140 Å². The molecule has 0 aliphatic carbocycles. The first-order chi connectivity index (χ1) is 10.1. The summed E-state index contributed by atoms with van der Waals surface area (Å²) in [4.78, 5) is 3.79. The van der Waals surface area contributed by atoms with Crippen LogP contribution in [0.3, 0.4) is 0 Å². The number of benzene rings is 1. The molecule has 1 aromatic heterocycles. The highest BCUT2D eigenvalue weighted by Crippen LogP contribution is 2.26. The maximum Gasteiger partial charge on any atom is 0.0377 e. The summed E-state index contributed by atoms with van der Waals surface area (Å²) in [6.07, 6.45) is 1.09. The minimum absolute atomic E-state index is 0.482. The van der Waals surface area contributed by atoms with Gasteiger partial charge in [-0.3, -0.25) is 0 Å². The van der Waals surface area contributed by atoms with Crippen LogP contribution in [0.2, 0.25) is 0 Å². The molecule has 21 heavy (non-hydrogen) atoms. The summed E-state index contributed by atoms with van der Waals surface area (Å²) in [6, 6.07) is 11.5. The lowest BCUT2D eigenvalue weighted by Gasteiger charge is -2.27. The molecule has 0 spiro atoms. The van der Waals surface area contributed by atoms with Crippen molar-refractivity contribution in [3.8, 4) is 0 Å². The van der Waals surface area contributed by atoms with Crippen molar-refractivity contribution in [1.29, 1.82) is 0 Å². The number of likely N-dealkylation sites (N-methyl/N-ethyl adjacent to an activating group) is 1. The largest absolute Gasteiger partial charge is 0.371 e. The zero-order valence-electron chi connectivity index (χ0n) is 12.9. The molecular weight excluding hydrogens is 344 g/mol. The maximum absolute atomic E-state index is 3.69. The lowest BCUT2D eigenvalue weighted by molar-refractivity contribution is 0.687. The van der Waals surface area contributed by atoms with E-state index in [0.29, 0.717) is 6.04 Å². The first kappa shape index (κ1) is 16.5. The molecule has 1 heterocycles. The van der Waals surface area contributed by atoms with Crippen LogP contribution in [-0.2, 0) is 13.0 Å². The van der Waals surface area contributed by atoms with Crippen molar-refractivity contribution in [3.63, 3.8) is 0 Å². The summed E-state index contributed by atoms with van der Waals surface area (Å²) in [5.41, 5.74) is 2.56. The SMILES string of the molecule is CCNCc1ccc(N(C)C(C)Cc2cccs2)cc1Br. The van der Waals surface area contributed by atoms with Crippen LogP contribution in [-0.4, -0.2) is 19.6 Å². The Bertz CT molecular complexity index is 554. The quantitative estimate of drug-likeness (QED) is 0.764. The fourth-order valence-electron chi connectivity index (χ4n) is 2.27. The molecule has 0 amide bonds. The van der Waals surface area contributed by atoms with Crippen LogP contribution in [0.25, 0.3) is 0 Å². The van der Waals surface area contributed by atoms with Crippen molar-refractivity contribution in [2.24, 2.45) is 0 Å². The van der Waals surface area contributed by atoms with Crippen LogP contribution >= 0.6 is 27.3 Å². The molecule has 0 aliphatic heterocycles. The predicted octanol–water partition coefficient (Wildman–Crippen LogP) is 4.69. The van der Waals surface area contributed by atoms with Gasteiger partial charge in [0.1, 0.15) is 0 Å². The minimum atomic E-state index is 0.482. The lowest BCUT2D eigenvalue weighted by Crippen LogP contribution is -2.30. The lowest BCUT2D eigenvalue weighted by atomic mass is 10.1. The number of hydrogen-bond donors (Lipinski definition) is 1. The Morgan fingerprint density at radius 1 is 1.33 bits per heavy atom. The number of thiophene rings is 1. The van der Waals surface area contributed by atoms with E-state index in [9.17, 15) is 0 Å². The molecule has 2 rings (SSSR count). The molecule has 1 atom stereocenters. The average Bonchev–Trinajstić information content (AvgIpc) is 2.98. The Morgan fingerprint density at radius 3 is 2.76 bits per heavy atom. The third kappa shape index (κ3) is 4.56. The first-order valence-electron chi connectivity index (χ1n) is 7.36. The summed E-state index contributed by atoms with van der Waals surface area (Å²) in [5, 5.41) is 5.51. The van der Waals surface area contributed by atoms with Crippen LogP contribution in [0.1, 0.15) is 24.3 Å². The maximum atomic E-state index is 3.69. The molecule has 0 fully saturated rings. The predicted molar refractivity (Wildman–Crippen MR) is 97.4 cm³/mol. The van der Waals surface area contributed by atoms with Crippen molar-refractivity contribution in [1.82, 2.24) is 5.32 Å². The molecule has 0 saturated heterocycles. The van der Waals surface area contributed by atoms with E-state index in [2.05, 4.69) is 82.8 Å². The number of nitrogens with zero attached hydrogens (tertiary/aromatic N) is 1. The van der Waals surface area contributed by atoms with Gasteiger partial charge < -0.3 is 10.2 Å². The van der Waals surface area contributed by atoms with Crippen molar-refractivity contribution in [2.75, 3.05) is 18.5 Å². The van der Waals surface area contributed by atoms with Gasteiger partial charge in [0, 0.05) is 41.1 Å². The molecule has 2 nitrogen and oxygen atoms in total. The normalized spacial score (nSPS) is 12.4. The van der Waals surface area contributed by atoms with Crippen molar-refractivity contribution in [2.45, 2.75) is 32.9 Å². The summed E-state index contributed by atoms with van der Waals surface area (Å²) in [7, 11) is 2.17. The van der Waals surface area contributed by atoms with E-state index in [4.69, 9.17) is 0 Å². The summed E-state index contributed by atoms with van der Waals surface area (Å²) < 4.78 is 1.18. The van der Waals surface area contributed by atoms with E-state index in [0.717, 1.165) is 19.5 Å². The molecular formula is C17H23BrN2S. The van der Waals surface area contributed by atoms with Crippen LogP contribution in [0.15, 0.2) is 40.2 Å². The standard InChI is InChI=1S/C17H23BrN2S/c1-4-19-12-14-7-8-15(11-17(14)18)20(3)13(2)10-16-6-5-9-21-16/h5-9,11,13,19H,4,10,12H2,1-3H3. The minimum Gasteiger partial charge on any atom is -0.371 e. The zero-order chi connectivity index (χ0) is 15.2. The Hall–Kier alpha value is -0.840. The average molecular weight is 367 g/mol. The van der Waals surface area contributed by atoms with Crippen LogP contribution in [0.4, 0.5) is 5.69 Å². The van der Waals surface area contributed by atoms with Gasteiger partial charge in [0.05, 0.1) is 0 Å². The van der Waals surface area contributed by atoms with Gasteiger partial charge in [-0.2, -0.15) is 0 Å². The zero-order valence-corrected chi connectivity index (χ0v) is 15.3. The fourth-order valence-corrected chi connectivity index (χ4v) is 3.60. The highest BCUT2D eigenvalue weighted by atomic mass is 79.9. The number of nitrogens with one attached hydrogen (secondary N) is 1. The number of hydrogen-bond acceptors (Lipinski definition) is 3. The van der Waals surface area contributed by atoms with Gasteiger partial charge in [0.2, 0.25) is 0 Å². The van der Waals surface area contributed by atoms with E-state index >= 15 is 0 Å². The third-order valence-corrected chi connectivity index (χ3v) is 5.38. The molecule has 0 bridgehead atoms. The van der Waals surface area contributed by atoms with E-state index in [1.165, 1.54) is 20.6 Å². The summed E-state index contributed by atoms with van der Waals surface area (Å²) >= 11 is 5.53.